The lowest BCUT2D eigenvalue weighted by Crippen LogP contribution is -2.33. The van der Waals surface area contributed by atoms with Crippen molar-refractivity contribution < 1.29 is 4.52 Å². The van der Waals surface area contributed by atoms with Crippen LogP contribution in [0.15, 0.2) is 17.2 Å². The number of likely N-dealkylation sites (tertiary alicyclic amines) is 1. The second kappa shape index (κ2) is 5.70. The molecular formula is C13H20N6O. The third-order valence-corrected chi connectivity index (χ3v) is 3.69. The van der Waals surface area contributed by atoms with Gasteiger partial charge in [0.25, 0.3) is 0 Å². The standard InChI is InChI=1S/C13H20N6O/c1-10(2)13-16-12(17-20-13)7-18-5-3-4-11(18)6-19-9-14-8-15-19/h8-11H,3-7H2,1-2H3/t11-/m1/s1. The van der Waals surface area contributed by atoms with Crippen LogP contribution in [0.3, 0.4) is 0 Å². The molecule has 108 valence electrons. The van der Waals surface area contributed by atoms with Gasteiger partial charge in [-0.3, -0.25) is 9.58 Å². The summed E-state index contributed by atoms with van der Waals surface area (Å²) in [7, 11) is 0. The summed E-state index contributed by atoms with van der Waals surface area (Å²) in [5.41, 5.74) is 0. The molecule has 2 aromatic heterocycles. The summed E-state index contributed by atoms with van der Waals surface area (Å²) in [6.45, 7) is 6.80. The van der Waals surface area contributed by atoms with Crippen molar-refractivity contribution in [2.75, 3.05) is 6.54 Å². The van der Waals surface area contributed by atoms with E-state index < -0.39 is 0 Å². The lowest BCUT2D eigenvalue weighted by Gasteiger charge is -2.22. The van der Waals surface area contributed by atoms with Crippen LogP contribution in [0.4, 0.5) is 0 Å². The lowest BCUT2D eigenvalue weighted by atomic mass is 10.2. The first-order valence-corrected chi connectivity index (χ1v) is 7.11. The fourth-order valence-corrected chi connectivity index (χ4v) is 2.60. The third-order valence-electron chi connectivity index (χ3n) is 3.69. The number of hydrogen-bond donors (Lipinski definition) is 0. The smallest absolute Gasteiger partial charge is 0.229 e. The van der Waals surface area contributed by atoms with Crippen molar-refractivity contribution in [2.24, 2.45) is 0 Å². The topological polar surface area (TPSA) is 72.9 Å². The molecule has 7 heteroatoms. The first-order valence-electron chi connectivity index (χ1n) is 7.11. The number of nitrogens with zero attached hydrogens (tertiary/aromatic N) is 6. The van der Waals surface area contributed by atoms with E-state index in [1.165, 1.54) is 12.8 Å². The molecule has 3 rings (SSSR count). The minimum Gasteiger partial charge on any atom is -0.339 e. The van der Waals surface area contributed by atoms with Gasteiger partial charge >= 0.3 is 0 Å². The monoisotopic (exact) mass is 276 g/mol. The van der Waals surface area contributed by atoms with Crippen LogP contribution in [0.2, 0.25) is 0 Å². The van der Waals surface area contributed by atoms with Gasteiger partial charge in [-0.05, 0) is 19.4 Å². The largest absolute Gasteiger partial charge is 0.339 e. The minimum absolute atomic E-state index is 0.278. The van der Waals surface area contributed by atoms with Gasteiger partial charge in [-0.2, -0.15) is 10.1 Å². The van der Waals surface area contributed by atoms with E-state index in [0.717, 1.165) is 25.5 Å². The molecule has 0 amide bonds. The van der Waals surface area contributed by atoms with Gasteiger partial charge in [-0.25, -0.2) is 4.98 Å². The predicted octanol–water partition coefficient (Wildman–Crippen LogP) is 1.45. The van der Waals surface area contributed by atoms with Gasteiger partial charge in [0.2, 0.25) is 5.89 Å². The van der Waals surface area contributed by atoms with E-state index >= 15 is 0 Å². The maximum atomic E-state index is 5.26. The molecule has 0 radical (unpaired) electrons. The van der Waals surface area contributed by atoms with Crippen molar-refractivity contribution in [1.82, 2.24) is 29.8 Å². The van der Waals surface area contributed by atoms with Crippen molar-refractivity contribution in [2.45, 2.75) is 51.7 Å². The van der Waals surface area contributed by atoms with Gasteiger partial charge in [0, 0.05) is 12.0 Å². The van der Waals surface area contributed by atoms with E-state index in [1.54, 1.807) is 12.7 Å². The fourth-order valence-electron chi connectivity index (χ4n) is 2.60. The Balaban J connectivity index is 1.63. The van der Waals surface area contributed by atoms with E-state index in [2.05, 4.69) is 39.0 Å². The molecule has 0 saturated carbocycles. The molecule has 0 spiro atoms. The van der Waals surface area contributed by atoms with Gasteiger partial charge in [0.15, 0.2) is 5.82 Å². The summed E-state index contributed by atoms with van der Waals surface area (Å²) in [6, 6.07) is 0.470. The lowest BCUT2D eigenvalue weighted by molar-refractivity contribution is 0.211. The second-order valence-corrected chi connectivity index (χ2v) is 5.59. The molecular weight excluding hydrogens is 256 g/mol. The van der Waals surface area contributed by atoms with Crippen molar-refractivity contribution in [3.05, 3.63) is 24.4 Å². The summed E-state index contributed by atoms with van der Waals surface area (Å²) in [5.74, 6) is 1.77. The molecule has 0 unspecified atom stereocenters. The van der Waals surface area contributed by atoms with Gasteiger partial charge in [-0.15, -0.1) is 0 Å². The van der Waals surface area contributed by atoms with Crippen molar-refractivity contribution in [3.63, 3.8) is 0 Å². The molecule has 1 aliphatic rings. The third kappa shape index (κ3) is 2.87. The molecule has 1 saturated heterocycles. The molecule has 0 bridgehead atoms. The second-order valence-electron chi connectivity index (χ2n) is 5.59. The summed E-state index contributed by atoms with van der Waals surface area (Å²) >= 11 is 0. The molecule has 20 heavy (non-hydrogen) atoms. The summed E-state index contributed by atoms with van der Waals surface area (Å²) in [6.07, 6.45) is 5.72. The van der Waals surface area contributed by atoms with E-state index in [9.17, 15) is 0 Å². The van der Waals surface area contributed by atoms with Crippen LogP contribution in [0.25, 0.3) is 0 Å². The molecule has 0 aliphatic carbocycles. The maximum absolute atomic E-state index is 5.26. The molecule has 0 N–H and O–H groups in total. The summed E-state index contributed by atoms with van der Waals surface area (Å²) in [4.78, 5) is 10.8. The van der Waals surface area contributed by atoms with Crippen LogP contribution < -0.4 is 0 Å². The Morgan fingerprint density at radius 1 is 1.45 bits per heavy atom. The summed E-state index contributed by atoms with van der Waals surface area (Å²) < 4.78 is 7.15. The zero-order chi connectivity index (χ0) is 13.9. The number of aromatic nitrogens is 5. The number of rotatable bonds is 5. The Morgan fingerprint density at radius 2 is 2.35 bits per heavy atom. The fraction of sp³-hybridized carbons (Fsp3) is 0.692. The van der Waals surface area contributed by atoms with E-state index in [1.807, 2.05) is 4.68 Å². The molecule has 0 aromatic carbocycles. The van der Waals surface area contributed by atoms with Gasteiger partial charge in [0.05, 0.1) is 13.1 Å². The first-order chi connectivity index (χ1) is 9.72. The van der Waals surface area contributed by atoms with Crippen molar-refractivity contribution in [1.29, 1.82) is 0 Å². The van der Waals surface area contributed by atoms with Gasteiger partial charge in [0.1, 0.15) is 12.7 Å². The van der Waals surface area contributed by atoms with Crippen LogP contribution in [0.5, 0.6) is 0 Å². The van der Waals surface area contributed by atoms with Crippen LogP contribution in [-0.2, 0) is 13.1 Å². The first kappa shape index (κ1) is 13.2. The average molecular weight is 276 g/mol. The Hall–Kier alpha value is -1.76. The molecule has 1 aliphatic heterocycles. The zero-order valence-electron chi connectivity index (χ0n) is 11.9. The SMILES string of the molecule is CC(C)c1nc(CN2CCC[C@@H]2Cn2cncn2)no1. The van der Waals surface area contributed by atoms with Crippen molar-refractivity contribution in [3.8, 4) is 0 Å². The van der Waals surface area contributed by atoms with E-state index in [4.69, 9.17) is 4.52 Å². The van der Waals surface area contributed by atoms with E-state index in [-0.39, 0.29) is 5.92 Å². The molecule has 7 nitrogen and oxygen atoms in total. The number of hydrogen-bond acceptors (Lipinski definition) is 6. The quantitative estimate of drug-likeness (QED) is 0.823. The highest BCUT2D eigenvalue weighted by Gasteiger charge is 2.26. The highest BCUT2D eigenvalue weighted by atomic mass is 16.5. The van der Waals surface area contributed by atoms with Crippen molar-refractivity contribution >= 4 is 0 Å². The molecule has 3 heterocycles. The Bertz CT molecular complexity index is 535. The van der Waals surface area contributed by atoms with Crippen LogP contribution >= 0.6 is 0 Å². The van der Waals surface area contributed by atoms with Gasteiger partial charge < -0.3 is 4.52 Å². The van der Waals surface area contributed by atoms with E-state index in [0.29, 0.717) is 11.9 Å². The molecule has 1 fully saturated rings. The van der Waals surface area contributed by atoms with Crippen LogP contribution in [0.1, 0.15) is 44.3 Å². The Morgan fingerprint density at radius 3 is 3.05 bits per heavy atom. The molecule has 1 atom stereocenters. The normalized spacial score (nSPS) is 20.1. The summed E-state index contributed by atoms with van der Waals surface area (Å²) in [5, 5.41) is 8.25. The Labute approximate surface area is 118 Å². The highest BCUT2D eigenvalue weighted by Crippen LogP contribution is 2.21. The predicted molar refractivity (Wildman–Crippen MR) is 71.8 cm³/mol. The maximum Gasteiger partial charge on any atom is 0.229 e. The van der Waals surface area contributed by atoms with Crippen LogP contribution in [-0.4, -0.2) is 42.4 Å². The minimum atomic E-state index is 0.278. The Kier molecular flexibility index (Phi) is 3.77. The van der Waals surface area contributed by atoms with Crippen LogP contribution in [0, 0.1) is 0 Å². The molecule has 2 aromatic rings. The highest BCUT2D eigenvalue weighted by molar-refractivity contribution is 4.92. The zero-order valence-corrected chi connectivity index (χ0v) is 11.9. The van der Waals surface area contributed by atoms with Gasteiger partial charge in [-0.1, -0.05) is 19.0 Å². The average Bonchev–Trinajstić information content (AvgIpc) is 3.13.